The number of nitrogens with one attached hydrogen (secondary N) is 1. The Balaban J connectivity index is 1.53. The van der Waals surface area contributed by atoms with Crippen molar-refractivity contribution in [1.82, 2.24) is 0 Å². The molecule has 1 aliphatic rings. The Labute approximate surface area is 200 Å². The third kappa shape index (κ3) is 6.50. The molecule has 0 aliphatic carbocycles. The van der Waals surface area contributed by atoms with Crippen LogP contribution in [0.3, 0.4) is 0 Å². The molecular formula is C24H24ClF3N2O4. The average Bonchev–Trinajstić information content (AvgIpc) is 3.18. The van der Waals surface area contributed by atoms with E-state index in [9.17, 15) is 27.6 Å². The molecule has 1 saturated heterocycles. The number of nitrogens with zero attached hydrogens (tertiary/aromatic N) is 1. The van der Waals surface area contributed by atoms with Crippen LogP contribution in [0, 0.1) is 5.92 Å². The fourth-order valence-electron chi connectivity index (χ4n) is 3.58. The molecule has 1 fully saturated rings. The quantitative estimate of drug-likeness (QED) is 0.507. The number of aryl methyl sites for hydroxylation is 1. The maximum absolute atomic E-state index is 12.9. The van der Waals surface area contributed by atoms with Gasteiger partial charge in [-0.2, -0.15) is 13.2 Å². The Hall–Kier alpha value is -3.07. The van der Waals surface area contributed by atoms with Gasteiger partial charge in [0.1, 0.15) is 0 Å². The van der Waals surface area contributed by atoms with Gasteiger partial charge in [0.2, 0.25) is 5.91 Å². The number of hydrogen-bond acceptors (Lipinski definition) is 4. The number of hydrogen-bond donors (Lipinski definition) is 1. The van der Waals surface area contributed by atoms with Crippen LogP contribution < -0.4 is 10.2 Å². The summed E-state index contributed by atoms with van der Waals surface area (Å²) in [5.74, 6) is -2.57. The number of ether oxygens (including phenoxy) is 1. The number of benzene rings is 2. The molecule has 1 aliphatic heterocycles. The van der Waals surface area contributed by atoms with Crippen molar-refractivity contribution in [2.45, 2.75) is 38.8 Å². The van der Waals surface area contributed by atoms with Gasteiger partial charge >= 0.3 is 12.1 Å². The number of esters is 1. The second kappa shape index (κ2) is 10.9. The Morgan fingerprint density at radius 3 is 2.53 bits per heavy atom. The Kier molecular flexibility index (Phi) is 8.19. The van der Waals surface area contributed by atoms with Gasteiger partial charge in [-0.1, -0.05) is 37.1 Å². The highest BCUT2D eigenvalue weighted by atomic mass is 35.5. The second-order valence-corrected chi connectivity index (χ2v) is 8.43. The third-order valence-electron chi connectivity index (χ3n) is 5.44. The monoisotopic (exact) mass is 496 g/mol. The summed E-state index contributed by atoms with van der Waals surface area (Å²) in [5, 5.41) is 2.11. The lowest BCUT2D eigenvalue weighted by Crippen LogP contribution is -2.28. The molecule has 1 unspecified atom stereocenters. The van der Waals surface area contributed by atoms with E-state index >= 15 is 0 Å². The third-order valence-corrected chi connectivity index (χ3v) is 5.77. The van der Waals surface area contributed by atoms with Gasteiger partial charge in [0.05, 0.1) is 22.2 Å². The standard InChI is InChI=1S/C24H24ClF3N2O4/c1-2-3-4-15-5-8-18(9-6-15)30-13-16(11-22(30)32)23(33)34-14-21(31)29-20-12-17(24(26,27)28)7-10-19(20)25/h5-10,12,16H,2-4,11,13-14H2,1H3,(H,29,31). The van der Waals surface area contributed by atoms with Crippen LogP contribution in [0.1, 0.15) is 37.3 Å². The number of unbranched alkanes of at least 4 members (excludes halogenated alkanes) is 1. The molecule has 0 spiro atoms. The molecule has 182 valence electrons. The van der Waals surface area contributed by atoms with Crippen molar-refractivity contribution in [2.24, 2.45) is 5.92 Å². The Morgan fingerprint density at radius 1 is 1.18 bits per heavy atom. The van der Waals surface area contributed by atoms with E-state index in [1.807, 2.05) is 24.3 Å². The van der Waals surface area contributed by atoms with Crippen LogP contribution in [-0.4, -0.2) is 30.9 Å². The van der Waals surface area contributed by atoms with Crippen molar-refractivity contribution in [3.8, 4) is 0 Å². The van der Waals surface area contributed by atoms with Gasteiger partial charge in [0.15, 0.2) is 6.61 Å². The maximum Gasteiger partial charge on any atom is 0.416 e. The highest BCUT2D eigenvalue weighted by molar-refractivity contribution is 6.33. The molecule has 0 radical (unpaired) electrons. The van der Waals surface area contributed by atoms with Crippen LogP contribution in [0.2, 0.25) is 5.02 Å². The van der Waals surface area contributed by atoms with E-state index < -0.39 is 36.1 Å². The largest absolute Gasteiger partial charge is 0.455 e. The van der Waals surface area contributed by atoms with Crippen LogP contribution in [-0.2, 0) is 31.7 Å². The number of alkyl halides is 3. The molecule has 0 saturated carbocycles. The molecule has 0 bridgehead atoms. The Bertz CT molecular complexity index is 1060. The SMILES string of the molecule is CCCCc1ccc(N2CC(C(=O)OCC(=O)Nc3cc(C(F)(F)F)ccc3Cl)CC2=O)cc1. The minimum atomic E-state index is -4.60. The molecule has 2 aromatic rings. The maximum atomic E-state index is 12.9. The zero-order valence-electron chi connectivity index (χ0n) is 18.5. The molecule has 0 aromatic heterocycles. The van der Waals surface area contributed by atoms with Gasteiger partial charge in [0, 0.05) is 18.7 Å². The summed E-state index contributed by atoms with van der Waals surface area (Å²) in [4.78, 5) is 38.4. The normalized spacial score (nSPS) is 16.0. The lowest BCUT2D eigenvalue weighted by Gasteiger charge is -2.17. The van der Waals surface area contributed by atoms with E-state index in [0.717, 1.165) is 31.4 Å². The van der Waals surface area contributed by atoms with Gasteiger partial charge < -0.3 is 15.0 Å². The molecule has 10 heteroatoms. The first-order valence-electron chi connectivity index (χ1n) is 10.8. The van der Waals surface area contributed by atoms with Crippen LogP contribution in [0.15, 0.2) is 42.5 Å². The van der Waals surface area contributed by atoms with E-state index in [0.29, 0.717) is 11.8 Å². The number of anilines is 2. The molecule has 2 amide bonds. The highest BCUT2D eigenvalue weighted by Gasteiger charge is 2.36. The Morgan fingerprint density at radius 2 is 1.88 bits per heavy atom. The molecule has 6 nitrogen and oxygen atoms in total. The van der Waals surface area contributed by atoms with E-state index in [-0.39, 0.29) is 29.6 Å². The van der Waals surface area contributed by atoms with Crippen LogP contribution in [0.4, 0.5) is 24.5 Å². The fourth-order valence-corrected chi connectivity index (χ4v) is 3.74. The number of amides is 2. The molecule has 1 N–H and O–H groups in total. The first-order chi connectivity index (χ1) is 16.1. The summed E-state index contributed by atoms with van der Waals surface area (Å²) in [6.45, 7) is 1.51. The summed E-state index contributed by atoms with van der Waals surface area (Å²) < 4.78 is 43.6. The van der Waals surface area contributed by atoms with E-state index in [1.165, 1.54) is 10.5 Å². The van der Waals surface area contributed by atoms with E-state index in [2.05, 4.69) is 12.2 Å². The number of carbonyl (C=O) groups excluding carboxylic acids is 3. The highest BCUT2D eigenvalue weighted by Crippen LogP contribution is 2.34. The van der Waals surface area contributed by atoms with Crippen LogP contribution in [0.5, 0.6) is 0 Å². The van der Waals surface area contributed by atoms with Gasteiger partial charge in [-0.15, -0.1) is 0 Å². The van der Waals surface area contributed by atoms with Crippen LogP contribution in [0.25, 0.3) is 0 Å². The topological polar surface area (TPSA) is 75.7 Å². The summed E-state index contributed by atoms with van der Waals surface area (Å²) in [5.41, 5.74) is 0.617. The first kappa shape index (κ1) is 25.6. The smallest absolute Gasteiger partial charge is 0.416 e. The van der Waals surface area contributed by atoms with Crippen molar-refractivity contribution >= 4 is 40.8 Å². The van der Waals surface area contributed by atoms with Gasteiger partial charge in [0.25, 0.3) is 5.91 Å². The average molecular weight is 497 g/mol. The lowest BCUT2D eigenvalue weighted by atomic mass is 10.1. The zero-order valence-corrected chi connectivity index (χ0v) is 19.2. The summed E-state index contributed by atoms with van der Waals surface area (Å²) in [6, 6.07) is 10.1. The van der Waals surface area contributed by atoms with Gasteiger partial charge in [-0.05, 0) is 48.7 Å². The van der Waals surface area contributed by atoms with Gasteiger partial charge in [-0.25, -0.2) is 0 Å². The van der Waals surface area contributed by atoms with Crippen molar-refractivity contribution < 1.29 is 32.3 Å². The first-order valence-corrected chi connectivity index (χ1v) is 11.2. The molecule has 34 heavy (non-hydrogen) atoms. The van der Waals surface area contributed by atoms with Crippen molar-refractivity contribution in [1.29, 1.82) is 0 Å². The van der Waals surface area contributed by atoms with Gasteiger partial charge in [-0.3, -0.25) is 14.4 Å². The minimum Gasteiger partial charge on any atom is -0.455 e. The van der Waals surface area contributed by atoms with E-state index in [1.54, 1.807) is 0 Å². The van der Waals surface area contributed by atoms with Crippen molar-refractivity contribution in [2.75, 3.05) is 23.4 Å². The minimum absolute atomic E-state index is 0.0580. The lowest BCUT2D eigenvalue weighted by molar-refractivity contribution is -0.151. The summed E-state index contributed by atoms with van der Waals surface area (Å²) in [6.07, 6.45) is -1.55. The number of halogens is 4. The molecular weight excluding hydrogens is 473 g/mol. The molecule has 2 aromatic carbocycles. The predicted molar refractivity (Wildman–Crippen MR) is 122 cm³/mol. The zero-order chi connectivity index (χ0) is 24.9. The van der Waals surface area contributed by atoms with Crippen molar-refractivity contribution in [3.63, 3.8) is 0 Å². The number of carbonyl (C=O) groups is 3. The summed E-state index contributed by atoms with van der Waals surface area (Å²) >= 11 is 5.85. The molecule has 1 atom stereocenters. The predicted octanol–water partition coefficient (Wildman–Crippen LogP) is 5.24. The fraction of sp³-hybridized carbons (Fsp3) is 0.375. The number of rotatable bonds is 8. The van der Waals surface area contributed by atoms with E-state index in [4.69, 9.17) is 16.3 Å². The second-order valence-electron chi connectivity index (χ2n) is 8.02. The summed E-state index contributed by atoms with van der Waals surface area (Å²) in [7, 11) is 0. The molecule has 3 rings (SSSR count). The molecule has 1 heterocycles. The van der Waals surface area contributed by atoms with Crippen LogP contribution >= 0.6 is 11.6 Å². The van der Waals surface area contributed by atoms with Crippen molar-refractivity contribution in [3.05, 3.63) is 58.6 Å².